The molecule has 20 heavy (non-hydrogen) atoms. The van der Waals surface area contributed by atoms with Crippen LogP contribution in [0.15, 0.2) is 0 Å². The van der Waals surface area contributed by atoms with Crippen molar-refractivity contribution in [3.63, 3.8) is 0 Å². The average Bonchev–Trinajstić information content (AvgIpc) is 2.12. The third-order valence-electron chi connectivity index (χ3n) is 2.48. The lowest BCUT2D eigenvalue weighted by Crippen LogP contribution is -2.68. The first kappa shape index (κ1) is 19.2. The Morgan fingerprint density at radius 2 is 0.650 bits per heavy atom. The highest BCUT2D eigenvalue weighted by Crippen LogP contribution is 2.60. The van der Waals surface area contributed by atoms with Gasteiger partial charge in [-0.1, -0.05) is 20.8 Å². The fraction of sp³-hybridized carbons (Fsp3) is 1.00. The highest BCUT2D eigenvalue weighted by Gasteiger charge is 2.88. The van der Waals surface area contributed by atoms with E-state index in [9.17, 15) is 48.3 Å². The minimum atomic E-state index is -7.32. The van der Waals surface area contributed by atoms with E-state index in [1.54, 1.807) is 0 Å². The molecule has 0 fully saturated rings. The molecule has 0 aromatic rings. The van der Waals surface area contributed by atoms with Crippen LogP contribution in [0.5, 0.6) is 0 Å². The second kappa shape index (κ2) is 4.36. The predicted octanol–water partition coefficient (Wildman–Crippen LogP) is 5.14. The summed E-state index contributed by atoms with van der Waals surface area (Å²) < 4.78 is 138. The van der Waals surface area contributed by atoms with Crippen LogP contribution in [0.3, 0.4) is 0 Å². The Morgan fingerprint density at radius 1 is 0.400 bits per heavy atom. The van der Waals surface area contributed by atoms with Crippen LogP contribution in [0.2, 0.25) is 0 Å². The van der Waals surface area contributed by atoms with E-state index in [4.69, 9.17) is 0 Å². The molecular formula is C9H9F11. The Bertz CT molecular complexity index is 321. The number of rotatable bonds is 3. The molecule has 0 N–H and O–H groups in total. The molecule has 122 valence electrons. The third kappa shape index (κ3) is 2.32. The molecule has 0 saturated carbocycles. The molecule has 0 unspecified atom stereocenters. The van der Waals surface area contributed by atoms with Crippen LogP contribution in [-0.2, 0) is 0 Å². The fourth-order valence-electron chi connectivity index (χ4n) is 1.04. The van der Waals surface area contributed by atoms with E-state index in [0.29, 0.717) is 20.8 Å². The van der Waals surface area contributed by atoms with E-state index in [2.05, 4.69) is 0 Å². The van der Waals surface area contributed by atoms with Crippen LogP contribution in [0, 0.1) is 5.41 Å². The molecule has 11 heteroatoms. The minimum Gasteiger partial charge on any atom is -0.199 e. The van der Waals surface area contributed by atoms with Crippen LogP contribution in [0.1, 0.15) is 20.8 Å². The number of hydrogen-bond acceptors (Lipinski definition) is 0. The Kier molecular flexibility index (Phi) is 4.19. The molecule has 0 spiro atoms. The molecule has 0 bridgehead atoms. The maximum atomic E-state index is 13.2. The summed E-state index contributed by atoms with van der Waals surface area (Å²) in [5, 5.41) is 0. The lowest BCUT2D eigenvalue weighted by Gasteiger charge is -2.42. The molecule has 0 heterocycles. The van der Waals surface area contributed by atoms with Crippen molar-refractivity contribution in [3.8, 4) is 0 Å². The first-order valence-corrected chi connectivity index (χ1v) is 4.83. The minimum absolute atomic E-state index is 0.294. The van der Waals surface area contributed by atoms with Gasteiger partial charge in [-0.2, -0.15) is 48.3 Å². The summed E-state index contributed by atoms with van der Waals surface area (Å²) in [6.45, 7) is 0.883. The average molecular weight is 326 g/mol. The molecule has 0 aromatic carbocycles. The van der Waals surface area contributed by atoms with Crippen LogP contribution in [-0.4, -0.2) is 29.9 Å². The molecule has 0 atom stereocenters. The van der Waals surface area contributed by atoms with Gasteiger partial charge in [-0.3, -0.25) is 0 Å². The highest BCUT2D eigenvalue weighted by atomic mass is 19.4. The predicted molar refractivity (Wildman–Crippen MR) is 45.3 cm³/mol. The number of alkyl halides is 11. The van der Waals surface area contributed by atoms with Gasteiger partial charge in [-0.05, 0) is 0 Å². The maximum absolute atomic E-state index is 13.2. The van der Waals surface area contributed by atoms with Gasteiger partial charge in [0.2, 0.25) is 0 Å². The van der Waals surface area contributed by atoms with Crippen LogP contribution in [0.25, 0.3) is 0 Å². The molecule has 0 nitrogen and oxygen atoms in total. The van der Waals surface area contributed by atoms with Crippen molar-refractivity contribution in [3.05, 3.63) is 0 Å². The molecule has 0 aromatic heterocycles. The third-order valence-corrected chi connectivity index (χ3v) is 2.48. The first-order chi connectivity index (χ1) is 8.25. The second-order valence-corrected chi connectivity index (χ2v) is 5.05. The van der Waals surface area contributed by atoms with Gasteiger partial charge in [0.1, 0.15) is 0 Å². The van der Waals surface area contributed by atoms with Crippen LogP contribution >= 0.6 is 0 Å². The smallest absolute Gasteiger partial charge is 0.199 e. The SMILES string of the molecule is CC(C)(C)C(F)(F)C(F)(F)C(F)(F)C(F)(F)C(F)(F)F. The van der Waals surface area contributed by atoms with Crippen molar-refractivity contribution in [2.24, 2.45) is 5.41 Å². The quantitative estimate of drug-likeness (QED) is 0.630. The standard InChI is InChI=1S/C9H9F11/c1-4(2,3)5(10,11)6(12,13)7(14,15)8(16,17)9(18,19)20/h1-3H3. The summed E-state index contributed by atoms with van der Waals surface area (Å²) in [6, 6.07) is 0. The number of hydrogen-bond donors (Lipinski definition) is 0. The van der Waals surface area contributed by atoms with Gasteiger partial charge in [0.15, 0.2) is 0 Å². The molecule has 0 aliphatic carbocycles. The summed E-state index contributed by atoms with van der Waals surface area (Å²) in [6.07, 6.45) is -7.12. The lowest BCUT2D eigenvalue weighted by molar-refractivity contribution is -0.430. The topological polar surface area (TPSA) is 0 Å². The van der Waals surface area contributed by atoms with E-state index in [1.165, 1.54) is 0 Å². The molecule has 0 amide bonds. The molecule has 0 aliphatic heterocycles. The monoisotopic (exact) mass is 326 g/mol. The summed E-state index contributed by atoms with van der Waals surface area (Å²) in [5.74, 6) is -27.4. The van der Waals surface area contributed by atoms with E-state index in [0.717, 1.165) is 0 Å². The van der Waals surface area contributed by atoms with Crippen molar-refractivity contribution < 1.29 is 48.3 Å². The van der Waals surface area contributed by atoms with Crippen molar-refractivity contribution in [2.45, 2.75) is 50.6 Å². The Balaban J connectivity index is 6.08. The van der Waals surface area contributed by atoms with Crippen LogP contribution < -0.4 is 0 Å². The summed E-state index contributed by atoms with van der Waals surface area (Å²) in [7, 11) is 0. The fourth-order valence-corrected chi connectivity index (χ4v) is 1.04. The first-order valence-electron chi connectivity index (χ1n) is 4.83. The Morgan fingerprint density at radius 3 is 0.850 bits per heavy atom. The molecular weight excluding hydrogens is 317 g/mol. The second-order valence-electron chi connectivity index (χ2n) is 5.05. The number of halogens is 11. The molecule has 0 saturated heterocycles. The van der Waals surface area contributed by atoms with Gasteiger partial charge in [-0.25, -0.2) is 0 Å². The van der Waals surface area contributed by atoms with Gasteiger partial charge >= 0.3 is 29.9 Å². The lowest BCUT2D eigenvalue weighted by atomic mass is 9.80. The van der Waals surface area contributed by atoms with E-state index >= 15 is 0 Å². The van der Waals surface area contributed by atoms with Crippen molar-refractivity contribution in [1.29, 1.82) is 0 Å². The summed E-state index contributed by atoms with van der Waals surface area (Å²) in [4.78, 5) is 0. The van der Waals surface area contributed by atoms with Crippen molar-refractivity contribution in [2.75, 3.05) is 0 Å². The summed E-state index contributed by atoms with van der Waals surface area (Å²) in [5.41, 5.74) is -2.98. The van der Waals surface area contributed by atoms with Crippen LogP contribution in [0.4, 0.5) is 48.3 Å². The van der Waals surface area contributed by atoms with Gasteiger partial charge in [0.25, 0.3) is 0 Å². The van der Waals surface area contributed by atoms with Crippen molar-refractivity contribution in [1.82, 2.24) is 0 Å². The Hall–Kier alpha value is -0.770. The summed E-state index contributed by atoms with van der Waals surface area (Å²) >= 11 is 0. The van der Waals surface area contributed by atoms with E-state index in [1.807, 2.05) is 0 Å². The zero-order chi connectivity index (χ0) is 17.0. The zero-order valence-corrected chi connectivity index (χ0v) is 10.2. The normalized spacial score (nSPS) is 16.5. The van der Waals surface area contributed by atoms with E-state index in [-0.39, 0.29) is 0 Å². The molecule has 0 rings (SSSR count). The van der Waals surface area contributed by atoms with Gasteiger partial charge in [0.05, 0.1) is 0 Å². The van der Waals surface area contributed by atoms with Gasteiger partial charge in [-0.15, -0.1) is 0 Å². The van der Waals surface area contributed by atoms with Gasteiger partial charge < -0.3 is 0 Å². The highest BCUT2D eigenvalue weighted by molar-refractivity contribution is 5.09. The van der Waals surface area contributed by atoms with Gasteiger partial charge in [0, 0.05) is 5.41 Å². The Labute approximate surface area is 105 Å². The molecule has 0 radical (unpaired) electrons. The zero-order valence-electron chi connectivity index (χ0n) is 10.2. The largest absolute Gasteiger partial charge is 0.460 e. The maximum Gasteiger partial charge on any atom is 0.460 e. The van der Waals surface area contributed by atoms with E-state index < -0.39 is 35.3 Å². The van der Waals surface area contributed by atoms with Crippen molar-refractivity contribution >= 4 is 0 Å². The molecule has 0 aliphatic rings.